The van der Waals surface area contributed by atoms with E-state index in [1.807, 2.05) is 65.8 Å². The summed E-state index contributed by atoms with van der Waals surface area (Å²) >= 11 is 0. The summed E-state index contributed by atoms with van der Waals surface area (Å²) in [6.45, 7) is 11.8. The molecule has 1 aromatic heterocycles. The molecule has 5 nitrogen and oxygen atoms in total. The van der Waals surface area contributed by atoms with Gasteiger partial charge in [0.1, 0.15) is 11.2 Å². The lowest BCUT2D eigenvalue weighted by Crippen LogP contribution is -2.26. The molecule has 0 aliphatic rings. The number of benzene rings is 1. The van der Waals surface area contributed by atoms with Crippen LogP contribution in [0.2, 0.25) is 0 Å². The average molecular weight is 315 g/mol. The van der Waals surface area contributed by atoms with Crippen LogP contribution in [0.5, 0.6) is 11.9 Å². The highest BCUT2D eigenvalue weighted by Crippen LogP contribution is 2.32. The lowest BCUT2D eigenvalue weighted by Gasteiger charge is -2.24. The fourth-order valence-electron chi connectivity index (χ4n) is 1.95. The first-order valence-corrected chi connectivity index (χ1v) is 7.64. The van der Waals surface area contributed by atoms with Gasteiger partial charge in [-0.2, -0.15) is 4.98 Å². The molecule has 0 fully saturated rings. The van der Waals surface area contributed by atoms with Crippen molar-refractivity contribution in [1.82, 2.24) is 9.97 Å². The summed E-state index contributed by atoms with van der Waals surface area (Å²) in [6.07, 6.45) is 1.71. The van der Waals surface area contributed by atoms with E-state index in [-0.39, 0.29) is 11.2 Å². The van der Waals surface area contributed by atoms with Crippen molar-refractivity contribution in [3.63, 3.8) is 0 Å². The maximum Gasteiger partial charge on any atom is 0.320 e. The van der Waals surface area contributed by atoms with Crippen LogP contribution in [0, 0.1) is 0 Å². The molecular weight excluding hydrogens is 290 g/mol. The number of ether oxygens (including phenoxy) is 2. The number of aromatic nitrogens is 2. The van der Waals surface area contributed by atoms with Crippen molar-refractivity contribution in [2.24, 2.45) is 0 Å². The Morgan fingerprint density at radius 1 is 0.957 bits per heavy atom. The molecule has 2 rings (SSSR count). The maximum atomic E-state index is 6.01. The largest absolute Gasteiger partial charge is 0.471 e. The summed E-state index contributed by atoms with van der Waals surface area (Å²) in [5, 5.41) is 0. The molecule has 1 heterocycles. The van der Waals surface area contributed by atoms with Gasteiger partial charge in [-0.15, -0.1) is 0 Å². The number of rotatable bonds is 3. The minimum atomic E-state index is -0.386. The fraction of sp³-hybridized carbons (Fsp3) is 0.444. The van der Waals surface area contributed by atoms with Crippen LogP contribution in [0.4, 0.5) is 5.69 Å². The van der Waals surface area contributed by atoms with Crippen LogP contribution in [0.3, 0.4) is 0 Å². The number of nitrogen functional groups attached to an aromatic ring is 1. The Hall–Kier alpha value is -2.30. The van der Waals surface area contributed by atoms with E-state index < -0.39 is 0 Å². The van der Waals surface area contributed by atoms with Crippen LogP contribution >= 0.6 is 0 Å². The third-order valence-electron chi connectivity index (χ3n) is 2.73. The first kappa shape index (κ1) is 17.1. The lowest BCUT2D eigenvalue weighted by atomic mass is 10.1. The Kier molecular flexibility index (Phi) is 4.50. The van der Waals surface area contributed by atoms with Gasteiger partial charge in [0.05, 0.1) is 5.56 Å². The van der Waals surface area contributed by atoms with Crippen molar-refractivity contribution < 1.29 is 9.47 Å². The SMILES string of the molecule is CC(C)(C)Oc1ncc(-c2cccc(N)c2)c(OC(C)(C)C)n1. The van der Waals surface area contributed by atoms with Crippen molar-refractivity contribution in [3.8, 4) is 23.0 Å². The minimum Gasteiger partial charge on any atom is -0.471 e. The maximum absolute atomic E-state index is 6.01. The second kappa shape index (κ2) is 6.07. The zero-order valence-corrected chi connectivity index (χ0v) is 14.7. The smallest absolute Gasteiger partial charge is 0.320 e. The quantitative estimate of drug-likeness (QED) is 0.864. The van der Waals surface area contributed by atoms with Gasteiger partial charge >= 0.3 is 6.01 Å². The molecule has 0 atom stereocenters. The van der Waals surface area contributed by atoms with Crippen LogP contribution in [-0.2, 0) is 0 Å². The summed E-state index contributed by atoms with van der Waals surface area (Å²) in [4.78, 5) is 8.76. The molecule has 0 unspecified atom stereocenters. The minimum absolute atomic E-state index is 0.296. The van der Waals surface area contributed by atoms with E-state index in [1.165, 1.54) is 0 Å². The zero-order chi connectivity index (χ0) is 17.3. The highest BCUT2D eigenvalue weighted by atomic mass is 16.5. The van der Waals surface area contributed by atoms with Gasteiger partial charge in [0.15, 0.2) is 0 Å². The molecule has 0 saturated heterocycles. The molecule has 0 bridgehead atoms. The van der Waals surface area contributed by atoms with E-state index in [2.05, 4.69) is 9.97 Å². The summed E-state index contributed by atoms with van der Waals surface area (Å²) in [7, 11) is 0. The predicted octanol–water partition coefficient (Wildman–Crippen LogP) is 4.08. The average Bonchev–Trinajstić information content (AvgIpc) is 2.35. The van der Waals surface area contributed by atoms with Crippen LogP contribution in [0.1, 0.15) is 41.5 Å². The van der Waals surface area contributed by atoms with E-state index in [0.717, 1.165) is 11.1 Å². The Labute approximate surface area is 137 Å². The van der Waals surface area contributed by atoms with Crippen LogP contribution in [-0.4, -0.2) is 21.2 Å². The van der Waals surface area contributed by atoms with Crippen molar-refractivity contribution in [2.45, 2.75) is 52.7 Å². The van der Waals surface area contributed by atoms with Gasteiger partial charge in [-0.3, -0.25) is 0 Å². The highest BCUT2D eigenvalue weighted by molar-refractivity contribution is 5.70. The number of anilines is 1. The third-order valence-corrected chi connectivity index (χ3v) is 2.73. The van der Waals surface area contributed by atoms with Gasteiger partial charge in [-0.25, -0.2) is 4.98 Å². The van der Waals surface area contributed by atoms with Crippen molar-refractivity contribution in [3.05, 3.63) is 30.5 Å². The van der Waals surface area contributed by atoms with Crippen LogP contribution in [0.15, 0.2) is 30.5 Å². The molecule has 0 amide bonds. The van der Waals surface area contributed by atoms with E-state index >= 15 is 0 Å². The Balaban J connectivity index is 2.48. The summed E-state index contributed by atoms with van der Waals surface area (Å²) < 4.78 is 11.8. The Morgan fingerprint density at radius 3 is 2.17 bits per heavy atom. The van der Waals surface area contributed by atoms with Crippen molar-refractivity contribution in [1.29, 1.82) is 0 Å². The zero-order valence-electron chi connectivity index (χ0n) is 14.7. The molecule has 1 aromatic carbocycles. The lowest BCUT2D eigenvalue weighted by molar-refractivity contribution is 0.103. The number of hydrogen-bond acceptors (Lipinski definition) is 5. The van der Waals surface area contributed by atoms with Gasteiger partial charge in [0.2, 0.25) is 5.88 Å². The molecule has 23 heavy (non-hydrogen) atoms. The Bertz CT molecular complexity index is 685. The molecule has 0 aliphatic heterocycles. The molecule has 0 aliphatic carbocycles. The molecule has 124 valence electrons. The second-order valence-electron chi connectivity index (χ2n) is 7.43. The topological polar surface area (TPSA) is 70.3 Å². The molecular formula is C18H25N3O2. The van der Waals surface area contributed by atoms with Crippen LogP contribution in [0.25, 0.3) is 11.1 Å². The summed E-state index contributed by atoms with van der Waals surface area (Å²) in [6, 6.07) is 7.86. The molecule has 0 saturated carbocycles. The molecule has 2 N–H and O–H groups in total. The van der Waals surface area contributed by atoms with E-state index in [4.69, 9.17) is 15.2 Å². The molecule has 5 heteroatoms. The fourth-order valence-corrected chi connectivity index (χ4v) is 1.95. The monoisotopic (exact) mass is 315 g/mol. The van der Waals surface area contributed by atoms with Crippen molar-refractivity contribution >= 4 is 5.69 Å². The third kappa shape index (κ3) is 5.13. The van der Waals surface area contributed by atoms with E-state index in [0.29, 0.717) is 17.6 Å². The second-order valence-corrected chi connectivity index (χ2v) is 7.43. The molecule has 2 aromatic rings. The van der Waals surface area contributed by atoms with Crippen molar-refractivity contribution in [2.75, 3.05) is 5.73 Å². The summed E-state index contributed by atoms with van der Waals surface area (Å²) in [5.74, 6) is 0.484. The number of nitrogens with zero attached hydrogens (tertiary/aromatic N) is 2. The van der Waals surface area contributed by atoms with Crippen LogP contribution < -0.4 is 15.2 Å². The van der Waals surface area contributed by atoms with Gasteiger partial charge in [0, 0.05) is 11.9 Å². The molecule has 0 radical (unpaired) electrons. The summed E-state index contributed by atoms with van der Waals surface area (Å²) in [5.41, 5.74) is 7.49. The van der Waals surface area contributed by atoms with E-state index in [9.17, 15) is 0 Å². The first-order chi connectivity index (χ1) is 10.5. The Morgan fingerprint density at radius 2 is 1.61 bits per heavy atom. The van der Waals surface area contributed by atoms with Gasteiger partial charge in [-0.1, -0.05) is 12.1 Å². The first-order valence-electron chi connectivity index (χ1n) is 7.64. The molecule has 0 spiro atoms. The standard InChI is InChI=1S/C18H25N3O2/c1-17(2,3)22-15-14(12-8-7-9-13(19)10-12)11-20-16(21-15)23-18(4,5)6/h7-11H,19H2,1-6H3. The normalized spacial score (nSPS) is 12.1. The predicted molar refractivity (Wildman–Crippen MR) is 92.6 cm³/mol. The van der Waals surface area contributed by atoms with Gasteiger partial charge in [-0.05, 0) is 59.2 Å². The van der Waals surface area contributed by atoms with Gasteiger partial charge < -0.3 is 15.2 Å². The number of nitrogens with two attached hydrogens (primary N) is 1. The van der Waals surface area contributed by atoms with Gasteiger partial charge in [0.25, 0.3) is 0 Å². The highest BCUT2D eigenvalue weighted by Gasteiger charge is 2.21. The number of hydrogen-bond donors (Lipinski definition) is 1. The van der Waals surface area contributed by atoms with E-state index in [1.54, 1.807) is 6.20 Å².